The zero-order valence-electron chi connectivity index (χ0n) is 9.65. The molecule has 0 radical (unpaired) electrons. The van der Waals surface area contributed by atoms with Crippen molar-refractivity contribution in [3.8, 4) is 10.8 Å². The number of aromatic nitrogens is 1. The summed E-state index contributed by atoms with van der Waals surface area (Å²) in [5, 5.41) is 0. The molecule has 3 rings (SSSR count). The first-order valence-electron chi connectivity index (χ1n) is 5.37. The van der Waals surface area contributed by atoms with Gasteiger partial charge >= 0.3 is 0 Å². The van der Waals surface area contributed by atoms with Gasteiger partial charge in [-0.05, 0) is 37.6 Å². The number of benzene rings is 1. The maximum atomic E-state index is 5.72. The van der Waals surface area contributed by atoms with E-state index in [-0.39, 0.29) is 0 Å². The molecule has 0 bridgehead atoms. The second-order valence-electron chi connectivity index (χ2n) is 4.10. The van der Waals surface area contributed by atoms with Gasteiger partial charge in [-0.3, -0.25) is 0 Å². The molecule has 0 aliphatic carbocycles. The minimum atomic E-state index is 0.673. The third kappa shape index (κ3) is 1.70. The number of oxazole rings is 1. The molecule has 2 aromatic heterocycles. The lowest BCUT2D eigenvalue weighted by Gasteiger charge is -1.88. The van der Waals surface area contributed by atoms with E-state index in [2.05, 4.69) is 24.9 Å². The average Bonchev–Trinajstić information content (AvgIpc) is 2.83. The molecule has 17 heavy (non-hydrogen) atoms. The third-order valence-corrected chi connectivity index (χ3v) is 3.93. The number of hydrogen-bond acceptors (Lipinski definition) is 4. The van der Waals surface area contributed by atoms with Crippen molar-refractivity contribution in [2.24, 2.45) is 0 Å². The summed E-state index contributed by atoms with van der Waals surface area (Å²) in [4.78, 5) is 6.82. The van der Waals surface area contributed by atoms with Crippen LogP contribution in [-0.2, 0) is 0 Å². The Balaban J connectivity index is 2.17. The summed E-state index contributed by atoms with van der Waals surface area (Å²) in [6.07, 6.45) is 0. The molecule has 0 unspecified atom stereocenters. The molecule has 0 aliphatic heterocycles. The number of nitrogens with two attached hydrogens (primary N) is 1. The summed E-state index contributed by atoms with van der Waals surface area (Å²) in [5.74, 6) is 0.673. The Morgan fingerprint density at radius 3 is 2.76 bits per heavy atom. The quantitative estimate of drug-likeness (QED) is 0.663. The van der Waals surface area contributed by atoms with E-state index in [1.807, 2.05) is 12.1 Å². The van der Waals surface area contributed by atoms with Crippen LogP contribution in [-0.4, -0.2) is 4.98 Å². The van der Waals surface area contributed by atoms with E-state index in [1.54, 1.807) is 17.4 Å². The van der Waals surface area contributed by atoms with Gasteiger partial charge in [-0.1, -0.05) is 0 Å². The molecule has 2 N–H and O–H groups in total. The Morgan fingerprint density at radius 2 is 2.06 bits per heavy atom. The van der Waals surface area contributed by atoms with Crippen molar-refractivity contribution in [3.63, 3.8) is 0 Å². The molecular weight excluding hydrogens is 232 g/mol. The molecule has 2 heterocycles. The highest BCUT2D eigenvalue weighted by Gasteiger charge is 2.11. The van der Waals surface area contributed by atoms with E-state index < -0.39 is 0 Å². The highest BCUT2D eigenvalue weighted by atomic mass is 32.1. The summed E-state index contributed by atoms with van der Waals surface area (Å²) in [6, 6.07) is 7.62. The van der Waals surface area contributed by atoms with E-state index in [1.165, 1.54) is 10.4 Å². The van der Waals surface area contributed by atoms with Gasteiger partial charge < -0.3 is 10.2 Å². The number of rotatable bonds is 1. The second-order valence-corrected chi connectivity index (χ2v) is 5.35. The first-order valence-corrected chi connectivity index (χ1v) is 6.18. The Hall–Kier alpha value is -1.81. The summed E-state index contributed by atoms with van der Waals surface area (Å²) in [6.45, 7) is 4.19. The molecule has 0 aliphatic rings. The minimum Gasteiger partial charge on any atom is -0.435 e. The zero-order valence-corrected chi connectivity index (χ0v) is 10.5. The average molecular weight is 244 g/mol. The molecule has 0 saturated carbocycles. The molecule has 0 amide bonds. The predicted octanol–water partition coefficient (Wildman–Crippen LogP) is 3.76. The fraction of sp³-hybridized carbons (Fsp3) is 0.154. The fourth-order valence-corrected chi connectivity index (χ4v) is 2.69. The SMILES string of the molecule is Cc1cc(-c2nc3ccc(N)cc3o2)sc1C. The predicted molar refractivity (Wildman–Crippen MR) is 71.2 cm³/mol. The largest absolute Gasteiger partial charge is 0.435 e. The van der Waals surface area contributed by atoms with Crippen LogP contribution in [0.15, 0.2) is 28.7 Å². The van der Waals surface area contributed by atoms with Gasteiger partial charge in [0, 0.05) is 16.6 Å². The Kier molecular flexibility index (Phi) is 2.19. The first-order chi connectivity index (χ1) is 8.13. The van der Waals surface area contributed by atoms with Crippen LogP contribution < -0.4 is 5.73 Å². The number of hydrogen-bond donors (Lipinski definition) is 1. The minimum absolute atomic E-state index is 0.673. The van der Waals surface area contributed by atoms with Crippen LogP contribution in [0.3, 0.4) is 0 Å². The first kappa shape index (κ1) is 10.4. The number of nitrogens with zero attached hydrogens (tertiary/aromatic N) is 1. The number of thiophene rings is 1. The van der Waals surface area contributed by atoms with Crippen LogP contribution in [0.25, 0.3) is 21.9 Å². The molecule has 4 heteroatoms. The van der Waals surface area contributed by atoms with Crippen molar-refractivity contribution < 1.29 is 4.42 Å². The standard InChI is InChI=1S/C13H12N2OS/c1-7-5-12(17-8(7)2)13-15-10-4-3-9(14)6-11(10)16-13/h3-6H,14H2,1-2H3. The summed E-state index contributed by atoms with van der Waals surface area (Å²) in [7, 11) is 0. The van der Waals surface area contributed by atoms with E-state index in [4.69, 9.17) is 10.2 Å². The zero-order chi connectivity index (χ0) is 12.0. The normalized spacial score (nSPS) is 11.2. The van der Waals surface area contributed by atoms with Gasteiger partial charge in [-0.2, -0.15) is 0 Å². The molecule has 0 atom stereocenters. The third-order valence-electron chi connectivity index (χ3n) is 2.79. The van der Waals surface area contributed by atoms with Crippen molar-refractivity contribution in [2.75, 3.05) is 5.73 Å². The topological polar surface area (TPSA) is 52.0 Å². The lowest BCUT2D eigenvalue weighted by Crippen LogP contribution is -1.81. The lowest BCUT2D eigenvalue weighted by atomic mass is 10.3. The maximum absolute atomic E-state index is 5.72. The Labute approximate surface area is 103 Å². The molecule has 1 aromatic carbocycles. The summed E-state index contributed by atoms with van der Waals surface area (Å²) in [5.41, 5.74) is 9.26. The maximum Gasteiger partial charge on any atom is 0.237 e. The van der Waals surface area contributed by atoms with Gasteiger partial charge in [-0.25, -0.2) is 4.98 Å². The Bertz CT molecular complexity index is 677. The molecule has 0 saturated heterocycles. The van der Waals surface area contributed by atoms with Crippen LogP contribution in [0.2, 0.25) is 0 Å². The van der Waals surface area contributed by atoms with Gasteiger partial charge in [0.05, 0.1) is 4.88 Å². The van der Waals surface area contributed by atoms with Crippen LogP contribution in [0.1, 0.15) is 10.4 Å². The summed E-state index contributed by atoms with van der Waals surface area (Å²) >= 11 is 1.70. The van der Waals surface area contributed by atoms with Crippen molar-refractivity contribution >= 4 is 28.1 Å². The van der Waals surface area contributed by atoms with Gasteiger partial charge in [0.25, 0.3) is 0 Å². The monoisotopic (exact) mass is 244 g/mol. The number of fused-ring (bicyclic) bond motifs is 1. The van der Waals surface area contributed by atoms with Crippen molar-refractivity contribution in [1.82, 2.24) is 4.98 Å². The summed E-state index contributed by atoms with van der Waals surface area (Å²) < 4.78 is 5.72. The van der Waals surface area contributed by atoms with E-state index >= 15 is 0 Å². The van der Waals surface area contributed by atoms with Crippen LogP contribution in [0.5, 0.6) is 0 Å². The van der Waals surface area contributed by atoms with E-state index in [9.17, 15) is 0 Å². The van der Waals surface area contributed by atoms with Crippen molar-refractivity contribution in [1.29, 1.82) is 0 Å². The van der Waals surface area contributed by atoms with Crippen molar-refractivity contribution in [2.45, 2.75) is 13.8 Å². The van der Waals surface area contributed by atoms with Gasteiger partial charge in [0.1, 0.15) is 5.52 Å². The highest BCUT2D eigenvalue weighted by Crippen LogP contribution is 2.32. The second kappa shape index (κ2) is 3.60. The molecular formula is C13H12N2OS. The number of nitrogen functional groups attached to an aromatic ring is 1. The Morgan fingerprint density at radius 1 is 1.24 bits per heavy atom. The number of anilines is 1. The lowest BCUT2D eigenvalue weighted by molar-refractivity contribution is 0.622. The highest BCUT2D eigenvalue weighted by molar-refractivity contribution is 7.15. The van der Waals surface area contributed by atoms with Crippen molar-refractivity contribution in [3.05, 3.63) is 34.7 Å². The van der Waals surface area contributed by atoms with Crippen LogP contribution in [0.4, 0.5) is 5.69 Å². The molecule has 3 aromatic rings. The molecule has 3 nitrogen and oxygen atoms in total. The number of aryl methyl sites for hydroxylation is 2. The smallest absolute Gasteiger partial charge is 0.237 e. The van der Waals surface area contributed by atoms with Crippen LogP contribution in [0, 0.1) is 13.8 Å². The van der Waals surface area contributed by atoms with Gasteiger partial charge in [0.15, 0.2) is 5.58 Å². The fourth-order valence-electron chi connectivity index (χ4n) is 1.73. The molecule has 86 valence electrons. The van der Waals surface area contributed by atoms with Gasteiger partial charge in [-0.15, -0.1) is 11.3 Å². The van der Waals surface area contributed by atoms with Crippen LogP contribution >= 0.6 is 11.3 Å². The van der Waals surface area contributed by atoms with Gasteiger partial charge in [0.2, 0.25) is 5.89 Å². The van der Waals surface area contributed by atoms with E-state index in [0.717, 1.165) is 16.0 Å². The van der Waals surface area contributed by atoms with E-state index in [0.29, 0.717) is 11.6 Å². The molecule has 0 spiro atoms. The molecule has 0 fully saturated rings.